The van der Waals surface area contributed by atoms with Crippen LogP contribution in [0, 0.1) is 0 Å². The highest BCUT2D eigenvalue weighted by molar-refractivity contribution is 5.31. The van der Waals surface area contributed by atoms with E-state index in [1.807, 2.05) is 42.5 Å². The van der Waals surface area contributed by atoms with Gasteiger partial charge in [0.15, 0.2) is 0 Å². The quantitative estimate of drug-likeness (QED) is 0.754. The molecule has 1 aromatic carbocycles. The molecule has 0 spiro atoms. The summed E-state index contributed by atoms with van der Waals surface area (Å²) in [5.41, 5.74) is 2.06. The second-order valence-corrected chi connectivity index (χ2v) is 4.83. The molecule has 0 saturated carbocycles. The maximum absolute atomic E-state index is 5.82. The number of pyridine rings is 1. The van der Waals surface area contributed by atoms with E-state index < -0.39 is 0 Å². The van der Waals surface area contributed by atoms with Crippen LogP contribution < -0.4 is 10.1 Å². The number of rotatable bonds is 8. The van der Waals surface area contributed by atoms with Crippen molar-refractivity contribution in [3.63, 3.8) is 0 Å². The number of benzene rings is 1. The molecule has 0 fully saturated rings. The van der Waals surface area contributed by atoms with E-state index in [9.17, 15) is 0 Å². The van der Waals surface area contributed by atoms with E-state index in [4.69, 9.17) is 9.47 Å². The number of hydrogen-bond donors (Lipinski definition) is 1. The van der Waals surface area contributed by atoms with Gasteiger partial charge < -0.3 is 14.8 Å². The third-order valence-electron chi connectivity index (χ3n) is 2.95. The summed E-state index contributed by atoms with van der Waals surface area (Å²) in [4.78, 5) is 4.50. The third-order valence-corrected chi connectivity index (χ3v) is 2.95. The molecule has 0 bridgehead atoms. The molecule has 21 heavy (non-hydrogen) atoms. The number of aromatic nitrogens is 1. The standard InChI is InChI=1S/C17H22N2O2/c1-3-10-18-12-15-7-5-9-17(19-15)21-16-8-4-6-14(11-16)13-20-2/h4-9,11,18H,3,10,12-13H2,1-2H3. The lowest BCUT2D eigenvalue weighted by Crippen LogP contribution is -2.14. The Morgan fingerprint density at radius 2 is 2.00 bits per heavy atom. The number of nitrogens with one attached hydrogen (secondary N) is 1. The largest absolute Gasteiger partial charge is 0.439 e. The Kier molecular flexibility index (Phi) is 6.19. The van der Waals surface area contributed by atoms with Gasteiger partial charge in [0.25, 0.3) is 0 Å². The molecule has 1 aromatic heterocycles. The molecular weight excluding hydrogens is 264 g/mol. The minimum atomic E-state index is 0.575. The van der Waals surface area contributed by atoms with E-state index in [2.05, 4.69) is 17.2 Å². The highest BCUT2D eigenvalue weighted by Gasteiger charge is 2.02. The van der Waals surface area contributed by atoms with E-state index in [0.717, 1.165) is 36.5 Å². The first-order chi connectivity index (χ1) is 10.3. The lowest BCUT2D eigenvalue weighted by atomic mass is 10.2. The van der Waals surface area contributed by atoms with E-state index in [1.54, 1.807) is 7.11 Å². The third kappa shape index (κ3) is 5.17. The summed E-state index contributed by atoms with van der Waals surface area (Å²) < 4.78 is 10.9. The maximum Gasteiger partial charge on any atom is 0.219 e. The Hall–Kier alpha value is -1.91. The van der Waals surface area contributed by atoms with Crippen molar-refractivity contribution >= 4 is 0 Å². The van der Waals surface area contributed by atoms with E-state index in [-0.39, 0.29) is 0 Å². The average Bonchev–Trinajstić information content (AvgIpc) is 2.49. The smallest absolute Gasteiger partial charge is 0.219 e. The van der Waals surface area contributed by atoms with Gasteiger partial charge in [-0.1, -0.05) is 25.1 Å². The van der Waals surface area contributed by atoms with Crippen LogP contribution in [0.3, 0.4) is 0 Å². The van der Waals surface area contributed by atoms with Crippen LogP contribution in [-0.4, -0.2) is 18.6 Å². The Labute approximate surface area is 126 Å². The predicted octanol–water partition coefficient (Wildman–Crippen LogP) is 3.52. The normalized spacial score (nSPS) is 10.6. The van der Waals surface area contributed by atoms with Crippen LogP contribution in [0.4, 0.5) is 0 Å². The van der Waals surface area contributed by atoms with Gasteiger partial charge in [0, 0.05) is 19.7 Å². The van der Waals surface area contributed by atoms with Gasteiger partial charge in [-0.25, -0.2) is 4.98 Å². The second kappa shape index (κ2) is 8.39. The van der Waals surface area contributed by atoms with Gasteiger partial charge >= 0.3 is 0 Å². The van der Waals surface area contributed by atoms with Gasteiger partial charge in [0.2, 0.25) is 5.88 Å². The number of methoxy groups -OCH3 is 1. The molecule has 0 unspecified atom stereocenters. The maximum atomic E-state index is 5.82. The van der Waals surface area contributed by atoms with Gasteiger partial charge in [-0.3, -0.25) is 0 Å². The summed E-state index contributed by atoms with van der Waals surface area (Å²) in [5, 5.41) is 3.33. The zero-order chi connectivity index (χ0) is 14.9. The van der Waals surface area contributed by atoms with Crippen molar-refractivity contribution in [1.29, 1.82) is 0 Å². The lowest BCUT2D eigenvalue weighted by molar-refractivity contribution is 0.184. The summed E-state index contributed by atoms with van der Waals surface area (Å²) in [6.07, 6.45) is 1.11. The summed E-state index contributed by atoms with van der Waals surface area (Å²) >= 11 is 0. The zero-order valence-corrected chi connectivity index (χ0v) is 12.6. The van der Waals surface area contributed by atoms with Gasteiger partial charge in [0.05, 0.1) is 12.3 Å². The molecule has 4 nitrogen and oxygen atoms in total. The number of hydrogen-bond acceptors (Lipinski definition) is 4. The molecule has 1 heterocycles. The van der Waals surface area contributed by atoms with Crippen LogP contribution in [0.25, 0.3) is 0 Å². The number of ether oxygens (including phenoxy) is 2. The van der Waals surface area contributed by atoms with Gasteiger partial charge in [-0.05, 0) is 36.7 Å². The molecule has 2 rings (SSSR count). The van der Waals surface area contributed by atoms with Gasteiger partial charge in [-0.2, -0.15) is 0 Å². The van der Waals surface area contributed by atoms with Crippen molar-refractivity contribution in [3.8, 4) is 11.6 Å². The van der Waals surface area contributed by atoms with Gasteiger partial charge in [-0.15, -0.1) is 0 Å². The zero-order valence-electron chi connectivity index (χ0n) is 12.6. The molecule has 112 valence electrons. The summed E-state index contributed by atoms with van der Waals surface area (Å²) in [6, 6.07) is 13.7. The fourth-order valence-electron chi connectivity index (χ4n) is 1.99. The first-order valence-electron chi connectivity index (χ1n) is 7.24. The van der Waals surface area contributed by atoms with E-state index in [1.165, 1.54) is 0 Å². The van der Waals surface area contributed by atoms with Crippen molar-refractivity contribution in [2.24, 2.45) is 0 Å². The van der Waals surface area contributed by atoms with Crippen LogP contribution in [0.2, 0.25) is 0 Å². The van der Waals surface area contributed by atoms with Crippen LogP contribution in [0.5, 0.6) is 11.6 Å². The molecule has 0 atom stereocenters. The fourth-order valence-corrected chi connectivity index (χ4v) is 1.99. The van der Waals surface area contributed by atoms with Crippen molar-refractivity contribution in [2.75, 3.05) is 13.7 Å². The Bertz CT molecular complexity index is 558. The summed E-state index contributed by atoms with van der Waals surface area (Å²) in [7, 11) is 1.68. The molecule has 0 amide bonds. The summed E-state index contributed by atoms with van der Waals surface area (Å²) in [5.74, 6) is 1.39. The molecule has 0 aliphatic carbocycles. The SMILES string of the molecule is CCCNCc1cccc(Oc2cccc(COC)c2)n1. The van der Waals surface area contributed by atoms with Gasteiger partial charge in [0.1, 0.15) is 5.75 Å². The number of nitrogens with zero attached hydrogens (tertiary/aromatic N) is 1. The highest BCUT2D eigenvalue weighted by atomic mass is 16.5. The fraction of sp³-hybridized carbons (Fsp3) is 0.353. The molecule has 0 radical (unpaired) electrons. The molecular formula is C17H22N2O2. The van der Waals surface area contributed by atoms with E-state index >= 15 is 0 Å². The summed E-state index contributed by atoms with van der Waals surface area (Å²) in [6.45, 7) is 4.47. The van der Waals surface area contributed by atoms with Crippen molar-refractivity contribution in [3.05, 3.63) is 53.7 Å². The Balaban J connectivity index is 2.01. The molecule has 2 aromatic rings. The first-order valence-corrected chi connectivity index (χ1v) is 7.24. The van der Waals surface area contributed by atoms with Crippen molar-refractivity contribution in [1.82, 2.24) is 10.3 Å². The van der Waals surface area contributed by atoms with Crippen LogP contribution in [0.1, 0.15) is 24.6 Å². The van der Waals surface area contributed by atoms with E-state index in [0.29, 0.717) is 12.5 Å². The Morgan fingerprint density at radius 3 is 2.81 bits per heavy atom. The monoisotopic (exact) mass is 286 g/mol. The van der Waals surface area contributed by atoms with Crippen molar-refractivity contribution in [2.45, 2.75) is 26.5 Å². The molecule has 0 aliphatic rings. The topological polar surface area (TPSA) is 43.4 Å². The minimum absolute atomic E-state index is 0.575. The Morgan fingerprint density at radius 1 is 1.14 bits per heavy atom. The molecule has 1 N–H and O–H groups in total. The second-order valence-electron chi connectivity index (χ2n) is 4.83. The van der Waals surface area contributed by atoms with Crippen LogP contribution in [-0.2, 0) is 17.9 Å². The van der Waals surface area contributed by atoms with Crippen molar-refractivity contribution < 1.29 is 9.47 Å². The van der Waals surface area contributed by atoms with Crippen LogP contribution >= 0.6 is 0 Å². The highest BCUT2D eigenvalue weighted by Crippen LogP contribution is 2.21. The lowest BCUT2D eigenvalue weighted by Gasteiger charge is -2.08. The molecule has 0 aliphatic heterocycles. The minimum Gasteiger partial charge on any atom is -0.439 e. The predicted molar refractivity (Wildman–Crippen MR) is 83.5 cm³/mol. The van der Waals surface area contributed by atoms with Crippen LogP contribution in [0.15, 0.2) is 42.5 Å². The first kappa shape index (κ1) is 15.5. The molecule has 0 saturated heterocycles. The molecule has 4 heteroatoms. The average molecular weight is 286 g/mol.